The zero-order valence-electron chi connectivity index (χ0n) is 15.2. The molecule has 2 rings (SSSR count). The highest BCUT2D eigenvalue weighted by Crippen LogP contribution is 2.19. The van der Waals surface area contributed by atoms with Crippen LogP contribution in [0.3, 0.4) is 0 Å². The lowest BCUT2D eigenvalue weighted by Gasteiger charge is -2.14. The number of aromatic nitrogens is 2. The molecule has 0 fully saturated rings. The molecule has 0 amide bonds. The molecule has 9 heteroatoms. The van der Waals surface area contributed by atoms with Gasteiger partial charge in [0.25, 0.3) is 0 Å². The second kappa shape index (κ2) is 10.3. The topological polar surface area (TPSA) is 63.5 Å². The van der Waals surface area contributed by atoms with Gasteiger partial charge in [-0.25, -0.2) is 0 Å². The summed E-state index contributed by atoms with van der Waals surface area (Å²) in [5, 5.41) is 10.7. The molecule has 144 valence electrons. The van der Waals surface area contributed by atoms with Gasteiger partial charge in [-0.1, -0.05) is 18.2 Å². The fraction of sp³-hybridized carbons (Fsp3) is 0.412. The smallest absolute Gasteiger partial charge is 0.387 e. The Hall–Kier alpha value is -1.91. The standard InChI is InChI=1S/C17H23F2N5O.HI/c1-11-14(12(2)24(4)23-11)10-22-17(20-3)21-9-13-7-5-6-8-15(13)25-16(18)19;/h5-8,16H,9-10H2,1-4H3,(H2,20,21,22);1H. The van der Waals surface area contributed by atoms with E-state index in [4.69, 9.17) is 0 Å². The molecular weight excluding hydrogens is 455 g/mol. The number of hydrogen-bond donors (Lipinski definition) is 2. The molecule has 0 saturated carbocycles. The number of hydrogen-bond acceptors (Lipinski definition) is 3. The van der Waals surface area contributed by atoms with Gasteiger partial charge in [0.2, 0.25) is 0 Å². The molecule has 0 unspecified atom stereocenters. The van der Waals surface area contributed by atoms with Crippen LogP contribution in [-0.2, 0) is 20.1 Å². The van der Waals surface area contributed by atoms with Crippen LogP contribution in [0.25, 0.3) is 0 Å². The summed E-state index contributed by atoms with van der Waals surface area (Å²) in [6, 6.07) is 6.67. The number of aliphatic imine (C=N–C) groups is 1. The number of benzene rings is 1. The molecule has 1 heterocycles. The highest BCUT2D eigenvalue weighted by molar-refractivity contribution is 14.0. The molecule has 26 heavy (non-hydrogen) atoms. The lowest BCUT2D eigenvalue weighted by molar-refractivity contribution is -0.0504. The third kappa shape index (κ3) is 5.82. The van der Waals surface area contributed by atoms with Crippen LogP contribution in [0.15, 0.2) is 29.3 Å². The third-order valence-corrected chi connectivity index (χ3v) is 3.95. The molecule has 0 radical (unpaired) electrons. The fourth-order valence-corrected chi connectivity index (χ4v) is 2.51. The number of para-hydroxylation sites is 1. The molecule has 2 N–H and O–H groups in total. The van der Waals surface area contributed by atoms with Crippen molar-refractivity contribution in [1.29, 1.82) is 0 Å². The first kappa shape index (κ1) is 22.1. The molecular formula is C17H24F2IN5O. The van der Waals surface area contributed by atoms with Crippen molar-refractivity contribution in [2.45, 2.75) is 33.5 Å². The molecule has 0 atom stereocenters. The number of guanidine groups is 1. The number of ether oxygens (including phenoxy) is 1. The van der Waals surface area contributed by atoms with Gasteiger partial charge in [-0.15, -0.1) is 24.0 Å². The molecule has 0 aliphatic heterocycles. The van der Waals surface area contributed by atoms with Crippen molar-refractivity contribution >= 4 is 29.9 Å². The molecule has 0 spiro atoms. The number of aryl methyl sites for hydroxylation is 2. The second-order valence-corrected chi connectivity index (χ2v) is 5.54. The first-order valence-corrected chi connectivity index (χ1v) is 7.88. The van der Waals surface area contributed by atoms with Gasteiger partial charge in [-0.3, -0.25) is 9.67 Å². The molecule has 1 aromatic carbocycles. The van der Waals surface area contributed by atoms with Crippen LogP contribution in [0, 0.1) is 13.8 Å². The average molecular weight is 479 g/mol. The van der Waals surface area contributed by atoms with Crippen LogP contribution < -0.4 is 15.4 Å². The predicted octanol–water partition coefficient (Wildman–Crippen LogP) is 3.12. The van der Waals surface area contributed by atoms with Gasteiger partial charge in [0.05, 0.1) is 5.69 Å². The van der Waals surface area contributed by atoms with Crippen molar-refractivity contribution in [3.8, 4) is 5.75 Å². The maximum Gasteiger partial charge on any atom is 0.387 e. The summed E-state index contributed by atoms with van der Waals surface area (Å²) in [5.74, 6) is 0.717. The van der Waals surface area contributed by atoms with Crippen LogP contribution in [-0.4, -0.2) is 29.4 Å². The first-order chi connectivity index (χ1) is 11.9. The van der Waals surface area contributed by atoms with E-state index in [0.29, 0.717) is 24.6 Å². The molecule has 0 aliphatic carbocycles. The number of halogens is 3. The van der Waals surface area contributed by atoms with Gasteiger partial charge >= 0.3 is 6.61 Å². The summed E-state index contributed by atoms with van der Waals surface area (Å²) in [5.41, 5.74) is 3.76. The van der Waals surface area contributed by atoms with Gasteiger partial charge in [-0.2, -0.15) is 13.9 Å². The van der Waals surface area contributed by atoms with Crippen molar-refractivity contribution in [3.63, 3.8) is 0 Å². The monoisotopic (exact) mass is 479 g/mol. The maximum atomic E-state index is 12.5. The Bertz CT molecular complexity index is 749. The van der Waals surface area contributed by atoms with E-state index in [2.05, 4.69) is 25.5 Å². The van der Waals surface area contributed by atoms with Crippen LogP contribution in [0.5, 0.6) is 5.75 Å². The molecule has 6 nitrogen and oxygen atoms in total. The van der Waals surface area contributed by atoms with Gasteiger partial charge in [-0.05, 0) is 19.9 Å². The number of alkyl halides is 2. The van der Waals surface area contributed by atoms with Gasteiger partial charge < -0.3 is 15.4 Å². The van der Waals surface area contributed by atoms with E-state index in [1.807, 2.05) is 25.6 Å². The highest BCUT2D eigenvalue weighted by atomic mass is 127. The lowest BCUT2D eigenvalue weighted by atomic mass is 10.2. The van der Waals surface area contributed by atoms with E-state index in [9.17, 15) is 8.78 Å². The van der Waals surface area contributed by atoms with E-state index in [0.717, 1.165) is 17.0 Å². The van der Waals surface area contributed by atoms with Gasteiger partial charge in [0, 0.05) is 44.0 Å². The summed E-state index contributed by atoms with van der Waals surface area (Å²) in [6.45, 7) is 1.99. The molecule has 0 aliphatic rings. The van der Waals surface area contributed by atoms with Crippen LogP contribution in [0.4, 0.5) is 8.78 Å². The molecule has 0 saturated heterocycles. The lowest BCUT2D eigenvalue weighted by Crippen LogP contribution is -2.36. The normalized spacial score (nSPS) is 11.3. The zero-order valence-corrected chi connectivity index (χ0v) is 17.5. The molecule has 2 aromatic rings. The van der Waals surface area contributed by atoms with Crippen molar-refractivity contribution in [2.75, 3.05) is 7.05 Å². The summed E-state index contributed by atoms with van der Waals surface area (Å²) in [4.78, 5) is 4.15. The highest BCUT2D eigenvalue weighted by Gasteiger charge is 2.11. The van der Waals surface area contributed by atoms with E-state index < -0.39 is 6.61 Å². The van der Waals surface area contributed by atoms with Crippen LogP contribution in [0.1, 0.15) is 22.5 Å². The number of nitrogens with zero attached hydrogens (tertiary/aromatic N) is 3. The van der Waals surface area contributed by atoms with E-state index in [1.54, 1.807) is 25.2 Å². The minimum atomic E-state index is -2.85. The maximum absolute atomic E-state index is 12.5. The molecule has 0 bridgehead atoms. The summed E-state index contributed by atoms with van der Waals surface area (Å²) in [7, 11) is 3.55. The van der Waals surface area contributed by atoms with Crippen molar-refractivity contribution in [3.05, 3.63) is 46.8 Å². The van der Waals surface area contributed by atoms with Crippen molar-refractivity contribution < 1.29 is 13.5 Å². The van der Waals surface area contributed by atoms with E-state index in [1.165, 1.54) is 6.07 Å². The van der Waals surface area contributed by atoms with E-state index in [-0.39, 0.29) is 29.7 Å². The fourth-order valence-electron chi connectivity index (χ4n) is 2.51. The van der Waals surface area contributed by atoms with Crippen LogP contribution in [0.2, 0.25) is 0 Å². The summed E-state index contributed by atoms with van der Waals surface area (Å²) >= 11 is 0. The quantitative estimate of drug-likeness (QED) is 0.380. The Morgan fingerprint density at radius 1 is 1.23 bits per heavy atom. The average Bonchev–Trinajstić information content (AvgIpc) is 2.81. The first-order valence-electron chi connectivity index (χ1n) is 7.88. The van der Waals surface area contributed by atoms with Crippen LogP contribution >= 0.6 is 24.0 Å². The zero-order chi connectivity index (χ0) is 18.4. The number of nitrogens with one attached hydrogen (secondary N) is 2. The summed E-state index contributed by atoms with van der Waals surface area (Å²) in [6.07, 6.45) is 0. The largest absolute Gasteiger partial charge is 0.434 e. The second-order valence-electron chi connectivity index (χ2n) is 5.54. The Morgan fingerprint density at radius 3 is 2.46 bits per heavy atom. The predicted molar refractivity (Wildman–Crippen MR) is 108 cm³/mol. The Labute approximate surface area is 169 Å². The number of rotatable bonds is 6. The molecule has 1 aromatic heterocycles. The van der Waals surface area contributed by atoms with Crippen molar-refractivity contribution in [1.82, 2.24) is 20.4 Å². The Balaban J connectivity index is 0.00000338. The van der Waals surface area contributed by atoms with Crippen molar-refractivity contribution in [2.24, 2.45) is 12.0 Å². The minimum Gasteiger partial charge on any atom is -0.434 e. The van der Waals surface area contributed by atoms with E-state index >= 15 is 0 Å². The Kier molecular flexibility index (Phi) is 8.76. The van der Waals surface area contributed by atoms with Gasteiger partial charge in [0.15, 0.2) is 5.96 Å². The third-order valence-electron chi connectivity index (χ3n) is 3.95. The minimum absolute atomic E-state index is 0. The van der Waals surface area contributed by atoms with Gasteiger partial charge in [0.1, 0.15) is 5.75 Å². The SMILES string of the molecule is CN=C(NCc1ccccc1OC(F)F)NCc1c(C)nn(C)c1C.I. The summed E-state index contributed by atoms with van der Waals surface area (Å²) < 4.78 is 31.3. The Morgan fingerprint density at radius 2 is 1.88 bits per heavy atom.